The standard InChI is InChI=1S/C17H34N4O2/c1-5-7-21(8-6-2)17(23)14-20-11-9-19(10-12-20)13-16(22)18-15(3)4/h15H,5-14H2,1-4H3,(H,18,22). The first kappa shape index (κ1) is 19.9. The highest BCUT2D eigenvalue weighted by atomic mass is 16.2. The molecule has 6 nitrogen and oxygen atoms in total. The van der Waals surface area contributed by atoms with Crippen LogP contribution in [0.3, 0.4) is 0 Å². The fraction of sp³-hybridized carbons (Fsp3) is 0.882. The number of piperazine rings is 1. The Balaban J connectivity index is 2.32. The summed E-state index contributed by atoms with van der Waals surface area (Å²) in [5, 5.41) is 2.92. The van der Waals surface area contributed by atoms with Crippen molar-refractivity contribution in [3.8, 4) is 0 Å². The molecule has 2 amide bonds. The Morgan fingerprint density at radius 1 is 0.957 bits per heavy atom. The highest BCUT2D eigenvalue weighted by Gasteiger charge is 2.22. The molecule has 134 valence electrons. The van der Waals surface area contributed by atoms with Crippen LogP contribution in [0.5, 0.6) is 0 Å². The maximum atomic E-state index is 12.4. The lowest BCUT2D eigenvalue weighted by Crippen LogP contribution is -2.52. The van der Waals surface area contributed by atoms with Gasteiger partial charge in [0.1, 0.15) is 0 Å². The molecule has 1 rings (SSSR count). The van der Waals surface area contributed by atoms with Gasteiger partial charge in [-0.2, -0.15) is 0 Å². The Labute approximate surface area is 141 Å². The average Bonchev–Trinajstić information content (AvgIpc) is 2.48. The number of hydrogen-bond acceptors (Lipinski definition) is 4. The molecule has 1 aliphatic heterocycles. The van der Waals surface area contributed by atoms with Crippen LogP contribution in [-0.2, 0) is 9.59 Å². The largest absolute Gasteiger partial charge is 0.353 e. The van der Waals surface area contributed by atoms with Crippen molar-refractivity contribution >= 4 is 11.8 Å². The second-order valence-corrected chi connectivity index (χ2v) is 6.66. The van der Waals surface area contributed by atoms with Gasteiger partial charge >= 0.3 is 0 Å². The zero-order valence-electron chi connectivity index (χ0n) is 15.3. The van der Waals surface area contributed by atoms with Gasteiger partial charge in [-0.25, -0.2) is 0 Å². The van der Waals surface area contributed by atoms with Gasteiger partial charge in [0.2, 0.25) is 11.8 Å². The first-order valence-corrected chi connectivity index (χ1v) is 8.98. The molecule has 1 heterocycles. The summed E-state index contributed by atoms with van der Waals surface area (Å²) in [6.07, 6.45) is 2.01. The van der Waals surface area contributed by atoms with E-state index in [2.05, 4.69) is 29.0 Å². The van der Waals surface area contributed by atoms with E-state index >= 15 is 0 Å². The van der Waals surface area contributed by atoms with Crippen LogP contribution in [0, 0.1) is 0 Å². The molecule has 1 saturated heterocycles. The molecule has 0 saturated carbocycles. The number of hydrogen-bond donors (Lipinski definition) is 1. The summed E-state index contributed by atoms with van der Waals surface area (Å²) in [5.41, 5.74) is 0. The number of nitrogens with zero attached hydrogens (tertiary/aromatic N) is 3. The quantitative estimate of drug-likeness (QED) is 0.680. The van der Waals surface area contributed by atoms with E-state index in [0.29, 0.717) is 13.1 Å². The monoisotopic (exact) mass is 326 g/mol. The third-order valence-electron chi connectivity index (χ3n) is 3.98. The first-order valence-electron chi connectivity index (χ1n) is 8.98. The number of nitrogens with one attached hydrogen (secondary N) is 1. The topological polar surface area (TPSA) is 55.9 Å². The zero-order chi connectivity index (χ0) is 17.2. The number of carbonyl (C=O) groups excluding carboxylic acids is 2. The zero-order valence-corrected chi connectivity index (χ0v) is 15.3. The van der Waals surface area contributed by atoms with Crippen molar-refractivity contribution in [2.75, 3.05) is 52.4 Å². The first-order chi connectivity index (χ1) is 11.0. The van der Waals surface area contributed by atoms with Crippen LogP contribution < -0.4 is 5.32 Å². The minimum absolute atomic E-state index is 0.0848. The lowest BCUT2D eigenvalue weighted by molar-refractivity contribution is -0.133. The summed E-state index contributed by atoms with van der Waals surface area (Å²) in [6, 6.07) is 0.185. The Kier molecular flexibility index (Phi) is 9.17. The molecular formula is C17H34N4O2. The molecule has 1 aliphatic rings. The Hall–Kier alpha value is -1.14. The summed E-state index contributed by atoms with van der Waals surface area (Å²) in [5.74, 6) is 0.321. The predicted molar refractivity (Wildman–Crippen MR) is 93.3 cm³/mol. The summed E-state index contributed by atoms with van der Waals surface area (Å²) in [4.78, 5) is 30.5. The fourth-order valence-electron chi connectivity index (χ4n) is 2.87. The Morgan fingerprint density at radius 2 is 1.43 bits per heavy atom. The molecule has 0 atom stereocenters. The third-order valence-corrected chi connectivity index (χ3v) is 3.98. The van der Waals surface area contributed by atoms with Gasteiger partial charge in [-0.1, -0.05) is 13.8 Å². The van der Waals surface area contributed by atoms with E-state index in [-0.39, 0.29) is 17.9 Å². The van der Waals surface area contributed by atoms with Crippen molar-refractivity contribution < 1.29 is 9.59 Å². The van der Waals surface area contributed by atoms with Gasteiger partial charge in [0.25, 0.3) is 0 Å². The molecule has 1 fully saturated rings. The van der Waals surface area contributed by atoms with Gasteiger partial charge < -0.3 is 10.2 Å². The SMILES string of the molecule is CCCN(CCC)C(=O)CN1CCN(CC(=O)NC(C)C)CC1. The summed E-state index contributed by atoms with van der Waals surface area (Å²) in [6.45, 7) is 14.2. The second-order valence-electron chi connectivity index (χ2n) is 6.66. The molecule has 0 bridgehead atoms. The van der Waals surface area contributed by atoms with Gasteiger partial charge in [0.15, 0.2) is 0 Å². The van der Waals surface area contributed by atoms with Crippen molar-refractivity contribution in [3.63, 3.8) is 0 Å². The van der Waals surface area contributed by atoms with Gasteiger partial charge in [-0.15, -0.1) is 0 Å². The van der Waals surface area contributed by atoms with E-state index in [9.17, 15) is 9.59 Å². The van der Waals surface area contributed by atoms with Crippen LogP contribution in [0.15, 0.2) is 0 Å². The van der Waals surface area contributed by atoms with Crippen LogP contribution in [0.1, 0.15) is 40.5 Å². The molecule has 0 aliphatic carbocycles. The highest BCUT2D eigenvalue weighted by molar-refractivity contribution is 5.78. The van der Waals surface area contributed by atoms with Crippen LogP contribution in [-0.4, -0.2) is 84.9 Å². The van der Waals surface area contributed by atoms with Crippen LogP contribution in [0.25, 0.3) is 0 Å². The van der Waals surface area contributed by atoms with E-state index in [1.165, 1.54) is 0 Å². The molecule has 0 spiro atoms. The second kappa shape index (κ2) is 10.6. The van der Waals surface area contributed by atoms with E-state index in [1.54, 1.807) is 0 Å². The van der Waals surface area contributed by atoms with Gasteiger partial charge in [0, 0.05) is 45.3 Å². The van der Waals surface area contributed by atoms with Crippen molar-refractivity contribution in [2.24, 2.45) is 0 Å². The van der Waals surface area contributed by atoms with Crippen LogP contribution in [0.4, 0.5) is 0 Å². The summed E-state index contributed by atoms with van der Waals surface area (Å²) >= 11 is 0. The highest BCUT2D eigenvalue weighted by Crippen LogP contribution is 2.04. The van der Waals surface area contributed by atoms with Crippen molar-refractivity contribution in [1.82, 2.24) is 20.0 Å². The van der Waals surface area contributed by atoms with Gasteiger partial charge in [0.05, 0.1) is 13.1 Å². The van der Waals surface area contributed by atoms with E-state index in [4.69, 9.17) is 0 Å². The lowest BCUT2D eigenvalue weighted by Gasteiger charge is -2.35. The molecule has 1 N–H and O–H groups in total. The Bertz CT molecular complexity index is 360. The predicted octanol–water partition coefficient (Wildman–Crippen LogP) is 0.777. The molecule has 6 heteroatoms. The molecule has 0 aromatic heterocycles. The lowest BCUT2D eigenvalue weighted by atomic mass is 10.2. The Morgan fingerprint density at radius 3 is 1.87 bits per heavy atom. The molecule has 0 aromatic carbocycles. The van der Waals surface area contributed by atoms with Crippen molar-refractivity contribution in [1.29, 1.82) is 0 Å². The maximum Gasteiger partial charge on any atom is 0.236 e. The van der Waals surface area contributed by atoms with Crippen molar-refractivity contribution in [2.45, 2.75) is 46.6 Å². The normalized spacial score (nSPS) is 16.6. The molecule has 0 unspecified atom stereocenters. The van der Waals surface area contributed by atoms with E-state index in [1.807, 2.05) is 18.7 Å². The summed E-state index contributed by atoms with van der Waals surface area (Å²) in [7, 11) is 0. The van der Waals surface area contributed by atoms with E-state index in [0.717, 1.165) is 52.1 Å². The van der Waals surface area contributed by atoms with Crippen LogP contribution >= 0.6 is 0 Å². The van der Waals surface area contributed by atoms with Gasteiger partial charge in [-0.05, 0) is 26.7 Å². The molecule has 0 aromatic rings. The molecule has 0 radical (unpaired) electrons. The van der Waals surface area contributed by atoms with E-state index < -0.39 is 0 Å². The number of amides is 2. The minimum Gasteiger partial charge on any atom is -0.353 e. The summed E-state index contributed by atoms with van der Waals surface area (Å²) < 4.78 is 0. The smallest absolute Gasteiger partial charge is 0.236 e. The number of rotatable bonds is 9. The van der Waals surface area contributed by atoms with Crippen molar-refractivity contribution in [3.05, 3.63) is 0 Å². The van der Waals surface area contributed by atoms with Crippen LogP contribution in [0.2, 0.25) is 0 Å². The minimum atomic E-state index is 0.0848. The maximum absolute atomic E-state index is 12.4. The fourth-order valence-corrected chi connectivity index (χ4v) is 2.87. The third kappa shape index (κ3) is 7.79. The molecular weight excluding hydrogens is 292 g/mol. The average molecular weight is 326 g/mol. The van der Waals surface area contributed by atoms with Gasteiger partial charge in [-0.3, -0.25) is 19.4 Å². The number of carbonyl (C=O) groups is 2. The molecule has 23 heavy (non-hydrogen) atoms.